The van der Waals surface area contributed by atoms with Crippen LogP contribution in [0.3, 0.4) is 0 Å². The molecule has 12 heteroatoms. The molecule has 1 unspecified atom stereocenters. The van der Waals surface area contributed by atoms with Crippen LogP contribution >= 0.6 is 7.82 Å². The van der Waals surface area contributed by atoms with Crippen LogP contribution in [0.2, 0.25) is 0 Å². The number of phosphoric ester groups is 1. The molecule has 0 aliphatic rings. The van der Waals surface area contributed by atoms with Crippen molar-refractivity contribution in [3.05, 3.63) is 12.2 Å². The zero-order chi connectivity index (χ0) is 36.4. The molecule has 0 bridgehead atoms. The van der Waals surface area contributed by atoms with Crippen LogP contribution in [-0.2, 0) is 37.5 Å². The van der Waals surface area contributed by atoms with Crippen molar-refractivity contribution in [3.8, 4) is 0 Å². The number of carboxylic acid groups (broad SMARTS) is 1. The summed E-state index contributed by atoms with van der Waals surface area (Å²) in [5, 5.41) is 8.85. The molecule has 4 N–H and O–H groups in total. The monoisotopic (exact) mass is 719 g/mol. The number of aliphatic carboxylic acids is 1. The molecule has 3 atom stereocenters. The molecular weight excluding hydrogens is 649 g/mol. The highest BCUT2D eigenvalue weighted by Crippen LogP contribution is 2.43. The molecule has 0 radical (unpaired) electrons. The number of carbonyl (C=O) groups is 3. The average Bonchev–Trinajstić information content (AvgIpc) is 3.07. The lowest BCUT2D eigenvalue weighted by atomic mass is 10.0. The number of carboxylic acids is 1. The molecule has 288 valence electrons. The SMILES string of the molecule is CCCCCC/C=C/CCCCCCCC(=O)O[C@H](COC(=O)CCCCCCCCCCCCCC)COP(=O)(O)OC[C@H](N)C(=O)O. The van der Waals surface area contributed by atoms with E-state index < -0.39 is 51.1 Å². The highest BCUT2D eigenvalue weighted by Gasteiger charge is 2.28. The van der Waals surface area contributed by atoms with E-state index in [1.165, 1.54) is 77.0 Å². The van der Waals surface area contributed by atoms with Crippen LogP contribution in [0, 0.1) is 0 Å². The summed E-state index contributed by atoms with van der Waals surface area (Å²) in [4.78, 5) is 45.7. The van der Waals surface area contributed by atoms with E-state index in [4.69, 9.17) is 24.8 Å². The molecule has 11 nitrogen and oxygen atoms in total. The molecule has 0 aliphatic carbocycles. The number of nitrogens with two attached hydrogens (primary N) is 1. The minimum Gasteiger partial charge on any atom is -0.480 e. The fraction of sp³-hybridized carbons (Fsp3) is 0.865. The molecule has 49 heavy (non-hydrogen) atoms. The van der Waals surface area contributed by atoms with E-state index in [2.05, 4.69) is 30.5 Å². The zero-order valence-corrected chi connectivity index (χ0v) is 31.7. The number of phosphoric acid groups is 1. The molecule has 0 aromatic carbocycles. The standard InChI is InChI=1S/C37H70NO10P/c1-3-5-7-9-11-13-15-17-19-21-23-25-27-29-36(40)48-33(31-46-49(43,44)47-32-34(38)37(41)42)30-45-35(39)28-26-24-22-20-18-16-14-12-10-8-6-4-2/h13,15,33-34H,3-12,14,16-32,38H2,1-2H3,(H,41,42)(H,43,44)/b15-13+/t33-,34+/m1/s1. The van der Waals surface area contributed by atoms with Crippen molar-refractivity contribution >= 4 is 25.7 Å². The second-order valence-electron chi connectivity index (χ2n) is 13.1. The third-order valence-corrected chi connectivity index (χ3v) is 9.21. The van der Waals surface area contributed by atoms with Gasteiger partial charge in [-0.3, -0.25) is 23.4 Å². The van der Waals surface area contributed by atoms with Crippen LogP contribution in [-0.4, -0.2) is 59.9 Å². The molecule has 0 spiro atoms. The van der Waals surface area contributed by atoms with Crippen molar-refractivity contribution < 1.29 is 47.5 Å². The third kappa shape index (κ3) is 33.1. The largest absolute Gasteiger partial charge is 0.480 e. The second-order valence-corrected chi connectivity index (χ2v) is 14.5. The Labute approximate surface area is 297 Å². The Balaban J connectivity index is 4.44. The molecule has 0 aliphatic heterocycles. The van der Waals surface area contributed by atoms with E-state index >= 15 is 0 Å². The third-order valence-electron chi connectivity index (χ3n) is 8.26. The van der Waals surface area contributed by atoms with Crippen LogP contribution in [0.15, 0.2) is 12.2 Å². The molecule has 0 heterocycles. The summed E-state index contributed by atoms with van der Waals surface area (Å²) in [6.45, 7) is 2.76. The highest BCUT2D eigenvalue weighted by atomic mass is 31.2. The maximum atomic E-state index is 12.5. The first-order valence-corrected chi connectivity index (χ1v) is 20.7. The van der Waals surface area contributed by atoms with E-state index in [0.717, 1.165) is 57.8 Å². The molecule has 0 aromatic rings. The summed E-state index contributed by atoms with van der Waals surface area (Å²) in [7, 11) is -4.70. The normalized spacial score (nSPS) is 14.0. The predicted molar refractivity (Wildman–Crippen MR) is 194 cm³/mol. The van der Waals surface area contributed by atoms with Crippen LogP contribution in [0.5, 0.6) is 0 Å². The average molecular weight is 720 g/mol. The number of esters is 2. The predicted octanol–water partition coefficient (Wildman–Crippen LogP) is 9.34. The van der Waals surface area contributed by atoms with Crippen molar-refractivity contribution in [2.24, 2.45) is 5.73 Å². The summed E-state index contributed by atoms with van der Waals surface area (Å²) in [6, 6.07) is -1.52. The molecule has 0 fully saturated rings. The fourth-order valence-electron chi connectivity index (χ4n) is 5.18. The van der Waals surface area contributed by atoms with E-state index in [-0.39, 0.29) is 19.4 Å². The summed E-state index contributed by atoms with van der Waals surface area (Å²) < 4.78 is 32.5. The minimum absolute atomic E-state index is 0.154. The van der Waals surface area contributed by atoms with Gasteiger partial charge in [0.1, 0.15) is 12.6 Å². The van der Waals surface area contributed by atoms with Gasteiger partial charge in [-0.2, -0.15) is 0 Å². The molecule has 0 amide bonds. The maximum absolute atomic E-state index is 12.5. The van der Waals surface area contributed by atoms with Gasteiger partial charge in [-0.05, 0) is 38.5 Å². The van der Waals surface area contributed by atoms with Crippen molar-refractivity contribution in [2.75, 3.05) is 19.8 Å². The smallest absolute Gasteiger partial charge is 0.472 e. The Morgan fingerprint density at radius 3 is 1.51 bits per heavy atom. The van der Waals surface area contributed by atoms with Crippen LogP contribution in [0.4, 0.5) is 0 Å². The maximum Gasteiger partial charge on any atom is 0.472 e. The van der Waals surface area contributed by atoms with Crippen LogP contribution in [0.25, 0.3) is 0 Å². The first-order chi connectivity index (χ1) is 23.6. The molecule has 0 aromatic heterocycles. The Bertz CT molecular complexity index is 900. The van der Waals surface area contributed by atoms with Crippen LogP contribution in [0.1, 0.15) is 174 Å². The van der Waals surface area contributed by atoms with Gasteiger partial charge in [-0.25, -0.2) is 4.57 Å². The number of hydrogen-bond donors (Lipinski definition) is 3. The van der Waals surface area contributed by atoms with Gasteiger partial charge in [0.15, 0.2) is 6.10 Å². The summed E-state index contributed by atoms with van der Waals surface area (Å²) in [6.07, 6.45) is 29.9. The first-order valence-electron chi connectivity index (χ1n) is 19.2. The van der Waals surface area contributed by atoms with Crippen molar-refractivity contribution in [1.82, 2.24) is 0 Å². The summed E-state index contributed by atoms with van der Waals surface area (Å²) >= 11 is 0. The van der Waals surface area contributed by atoms with Gasteiger partial charge in [0.2, 0.25) is 0 Å². The first kappa shape index (κ1) is 47.2. The zero-order valence-electron chi connectivity index (χ0n) is 30.8. The molecule has 0 saturated heterocycles. The number of hydrogen-bond acceptors (Lipinski definition) is 9. The van der Waals surface area contributed by atoms with Crippen molar-refractivity contribution in [3.63, 3.8) is 0 Å². The number of unbranched alkanes of at least 4 members (excludes halogenated alkanes) is 20. The quantitative estimate of drug-likeness (QED) is 0.0244. The van der Waals surface area contributed by atoms with E-state index in [9.17, 15) is 23.8 Å². The van der Waals surface area contributed by atoms with Gasteiger partial charge in [0, 0.05) is 12.8 Å². The van der Waals surface area contributed by atoms with Gasteiger partial charge in [-0.15, -0.1) is 0 Å². The van der Waals surface area contributed by atoms with Gasteiger partial charge >= 0.3 is 25.7 Å². The molecule has 0 rings (SSSR count). The molecule has 0 saturated carbocycles. The Kier molecular flexibility index (Phi) is 32.2. The van der Waals surface area contributed by atoms with Crippen molar-refractivity contribution in [1.29, 1.82) is 0 Å². The Morgan fingerprint density at radius 1 is 0.612 bits per heavy atom. The number of ether oxygens (including phenoxy) is 2. The van der Waals surface area contributed by atoms with Gasteiger partial charge in [0.25, 0.3) is 0 Å². The number of allylic oxidation sites excluding steroid dienone is 2. The van der Waals surface area contributed by atoms with Gasteiger partial charge < -0.3 is 25.2 Å². The lowest BCUT2D eigenvalue weighted by molar-refractivity contribution is -0.161. The Morgan fingerprint density at radius 2 is 1.02 bits per heavy atom. The Hall–Kier alpha value is -1.78. The fourth-order valence-corrected chi connectivity index (χ4v) is 5.95. The van der Waals surface area contributed by atoms with Crippen LogP contribution < -0.4 is 5.73 Å². The minimum atomic E-state index is -4.70. The summed E-state index contributed by atoms with van der Waals surface area (Å²) in [5.74, 6) is -2.38. The summed E-state index contributed by atoms with van der Waals surface area (Å²) in [5.41, 5.74) is 5.31. The van der Waals surface area contributed by atoms with E-state index in [1.807, 2.05) is 0 Å². The lowest BCUT2D eigenvalue weighted by Crippen LogP contribution is -2.34. The van der Waals surface area contributed by atoms with Gasteiger partial charge in [-0.1, -0.05) is 135 Å². The lowest BCUT2D eigenvalue weighted by Gasteiger charge is -2.20. The topological polar surface area (TPSA) is 172 Å². The highest BCUT2D eigenvalue weighted by molar-refractivity contribution is 7.47. The molecular formula is C37H70NO10P. The second kappa shape index (κ2) is 33.4. The van der Waals surface area contributed by atoms with E-state index in [1.54, 1.807) is 0 Å². The van der Waals surface area contributed by atoms with Crippen molar-refractivity contribution in [2.45, 2.75) is 187 Å². The number of rotatable bonds is 36. The van der Waals surface area contributed by atoms with E-state index in [0.29, 0.717) is 12.8 Å². The van der Waals surface area contributed by atoms with Gasteiger partial charge in [0.05, 0.1) is 13.2 Å². The number of carbonyl (C=O) groups excluding carboxylic acids is 2.